The molecule has 1 fully saturated rings. The van der Waals surface area contributed by atoms with E-state index < -0.39 is 8.07 Å². The summed E-state index contributed by atoms with van der Waals surface area (Å²) in [5.41, 5.74) is 1.92. The minimum absolute atomic E-state index is 0.482. The second-order valence-corrected chi connectivity index (χ2v) is 11.0. The van der Waals surface area contributed by atoms with Crippen molar-refractivity contribution in [2.45, 2.75) is 56.5 Å². The van der Waals surface area contributed by atoms with Crippen LogP contribution in [0.25, 0.3) is 0 Å². The molecular weight excluding hydrogens is 262 g/mol. The molecule has 20 heavy (non-hydrogen) atoms. The van der Waals surface area contributed by atoms with Crippen LogP contribution in [0.3, 0.4) is 0 Å². The van der Waals surface area contributed by atoms with Crippen molar-refractivity contribution >= 4 is 8.07 Å². The van der Waals surface area contributed by atoms with Gasteiger partial charge in [0, 0.05) is 18.8 Å². The van der Waals surface area contributed by atoms with E-state index in [1.54, 1.807) is 0 Å². The first-order valence-electron chi connectivity index (χ1n) is 7.77. The van der Waals surface area contributed by atoms with Crippen molar-refractivity contribution in [3.63, 3.8) is 0 Å². The summed E-state index contributed by atoms with van der Waals surface area (Å²) < 4.78 is 6.12. The Kier molecular flexibility index (Phi) is 5.81. The zero-order valence-electron chi connectivity index (χ0n) is 12.5. The van der Waals surface area contributed by atoms with Crippen molar-refractivity contribution in [3.8, 4) is 6.07 Å². The van der Waals surface area contributed by atoms with Crippen LogP contribution in [0.4, 0.5) is 0 Å². The maximum absolute atomic E-state index is 8.80. The molecule has 108 valence electrons. The Hall–Kier alpha value is -1.11. The van der Waals surface area contributed by atoms with E-state index in [-0.39, 0.29) is 0 Å². The standard InChI is InChI=1S/C17H25NOSi/c1-20(14-8-6-12-18,17-11-5-7-13-19-17)15-16-9-3-2-4-10-16/h2-4,9-10,17H,5-8,11,13-15H2,1H3. The van der Waals surface area contributed by atoms with Gasteiger partial charge in [-0.1, -0.05) is 48.5 Å². The zero-order valence-corrected chi connectivity index (χ0v) is 13.5. The van der Waals surface area contributed by atoms with E-state index in [1.165, 1.54) is 36.9 Å². The van der Waals surface area contributed by atoms with Crippen LogP contribution in [0, 0.1) is 11.3 Å². The van der Waals surface area contributed by atoms with E-state index in [0.29, 0.717) is 12.1 Å². The topological polar surface area (TPSA) is 33.0 Å². The molecule has 1 aromatic carbocycles. The van der Waals surface area contributed by atoms with Crippen LogP contribution in [0.5, 0.6) is 0 Å². The zero-order chi connectivity index (χ0) is 14.3. The molecule has 0 saturated carbocycles. The Morgan fingerprint density at radius 1 is 1.30 bits per heavy atom. The van der Waals surface area contributed by atoms with Gasteiger partial charge in [0.1, 0.15) is 0 Å². The molecule has 0 aliphatic carbocycles. The lowest BCUT2D eigenvalue weighted by atomic mass is 10.2. The van der Waals surface area contributed by atoms with E-state index in [1.807, 2.05) is 0 Å². The Bertz CT molecular complexity index is 436. The summed E-state index contributed by atoms with van der Waals surface area (Å²) in [5.74, 6) is 0. The van der Waals surface area contributed by atoms with Gasteiger partial charge in [0.2, 0.25) is 0 Å². The van der Waals surface area contributed by atoms with Crippen molar-refractivity contribution in [1.82, 2.24) is 0 Å². The second kappa shape index (κ2) is 7.61. The molecule has 2 rings (SSSR count). The van der Waals surface area contributed by atoms with Gasteiger partial charge < -0.3 is 4.74 Å². The average Bonchev–Trinajstić information content (AvgIpc) is 2.49. The van der Waals surface area contributed by atoms with E-state index in [9.17, 15) is 0 Å². The Morgan fingerprint density at radius 3 is 2.75 bits per heavy atom. The lowest BCUT2D eigenvalue weighted by Gasteiger charge is -2.38. The molecule has 0 radical (unpaired) electrons. The fourth-order valence-electron chi connectivity index (χ4n) is 3.29. The highest BCUT2D eigenvalue weighted by atomic mass is 28.3. The van der Waals surface area contributed by atoms with Gasteiger partial charge in [-0.25, -0.2) is 0 Å². The van der Waals surface area contributed by atoms with Crippen LogP contribution in [-0.2, 0) is 10.8 Å². The van der Waals surface area contributed by atoms with Crippen LogP contribution in [0.2, 0.25) is 12.6 Å². The number of ether oxygens (including phenoxy) is 1. The number of unbranched alkanes of at least 4 members (excludes halogenated alkanes) is 1. The van der Waals surface area contributed by atoms with Crippen LogP contribution < -0.4 is 0 Å². The van der Waals surface area contributed by atoms with Gasteiger partial charge in [-0.2, -0.15) is 5.26 Å². The molecule has 1 aliphatic heterocycles. The maximum Gasteiger partial charge on any atom is 0.0889 e. The molecule has 2 unspecified atom stereocenters. The predicted molar refractivity (Wildman–Crippen MR) is 85.0 cm³/mol. The molecule has 2 nitrogen and oxygen atoms in total. The third-order valence-corrected chi connectivity index (χ3v) is 9.17. The molecule has 1 aliphatic rings. The van der Waals surface area contributed by atoms with E-state index in [2.05, 4.69) is 42.9 Å². The monoisotopic (exact) mass is 287 g/mol. The third kappa shape index (κ3) is 4.19. The van der Waals surface area contributed by atoms with Gasteiger partial charge in [0.15, 0.2) is 0 Å². The average molecular weight is 287 g/mol. The molecular formula is C17H25NOSi. The molecule has 0 aromatic heterocycles. The second-order valence-electron chi connectivity index (χ2n) is 6.18. The van der Waals surface area contributed by atoms with Gasteiger partial charge in [0.25, 0.3) is 0 Å². The summed E-state index contributed by atoms with van der Waals surface area (Å²) in [4.78, 5) is 0. The molecule has 1 heterocycles. The molecule has 1 saturated heterocycles. The van der Waals surface area contributed by atoms with Crippen molar-refractivity contribution in [1.29, 1.82) is 5.26 Å². The summed E-state index contributed by atoms with van der Waals surface area (Å²) in [7, 11) is -1.50. The quantitative estimate of drug-likeness (QED) is 0.578. The van der Waals surface area contributed by atoms with Gasteiger partial charge in [-0.3, -0.25) is 0 Å². The van der Waals surface area contributed by atoms with E-state index in [4.69, 9.17) is 10.00 Å². The van der Waals surface area contributed by atoms with Crippen molar-refractivity contribution in [2.75, 3.05) is 6.61 Å². The van der Waals surface area contributed by atoms with Crippen LogP contribution in [0.15, 0.2) is 30.3 Å². The molecule has 3 heteroatoms. The normalized spacial score (nSPS) is 21.9. The van der Waals surface area contributed by atoms with Gasteiger partial charge in [-0.15, -0.1) is 0 Å². The highest BCUT2D eigenvalue weighted by Crippen LogP contribution is 2.30. The van der Waals surface area contributed by atoms with Crippen LogP contribution >= 0.6 is 0 Å². The van der Waals surface area contributed by atoms with Crippen molar-refractivity contribution in [2.24, 2.45) is 0 Å². The number of benzene rings is 1. The summed E-state index contributed by atoms with van der Waals surface area (Å²) in [6.45, 7) is 3.41. The Balaban J connectivity index is 2.07. The lowest BCUT2D eigenvalue weighted by molar-refractivity contribution is 0.0589. The summed E-state index contributed by atoms with van der Waals surface area (Å²) in [6.07, 6.45) is 5.46. The van der Waals surface area contributed by atoms with Gasteiger partial charge in [-0.05, 0) is 31.7 Å². The summed E-state index contributed by atoms with van der Waals surface area (Å²) in [5, 5.41) is 8.80. The van der Waals surface area contributed by atoms with Crippen molar-refractivity contribution < 1.29 is 4.74 Å². The largest absolute Gasteiger partial charge is 0.382 e. The summed E-state index contributed by atoms with van der Waals surface area (Å²) >= 11 is 0. The first-order chi connectivity index (χ1) is 9.74. The van der Waals surface area contributed by atoms with Gasteiger partial charge >= 0.3 is 0 Å². The van der Waals surface area contributed by atoms with Crippen LogP contribution in [-0.4, -0.2) is 20.4 Å². The molecule has 0 bridgehead atoms. The lowest BCUT2D eigenvalue weighted by Crippen LogP contribution is -2.50. The van der Waals surface area contributed by atoms with E-state index in [0.717, 1.165) is 13.0 Å². The molecule has 2 atom stereocenters. The smallest absolute Gasteiger partial charge is 0.0889 e. The number of nitrogens with zero attached hydrogens (tertiary/aromatic N) is 1. The fraction of sp³-hybridized carbons (Fsp3) is 0.588. The molecule has 0 amide bonds. The third-order valence-electron chi connectivity index (χ3n) is 4.44. The molecule has 0 N–H and O–H groups in total. The first-order valence-corrected chi connectivity index (χ1v) is 10.8. The molecule has 1 aromatic rings. The predicted octanol–water partition coefficient (Wildman–Crippen LogP) is 4.26. The number of nitriles is 1. The number of hydrogen-bond donors (Lipinski definition) is 0. The SMILES string of the molecule is C[Si](CCCC#N)(Cc1ccccc1)C1CCCCO1. The minimum atomic E-state index is -1.50. The van der Waals surface area contributed by atoms with Crippen molar-refractivity contribution in [3.05, 3.63) is 35.9 Å². The minimum Gasteiger partial charge on any atom is -0.382 e. The molecule has 0 spiro atoms. The first kappa shape index (κ1) is 15.3. The Labute approximate surface area is 123 Å². The Morgan fingerprint density at radius 2 is 2.10 bits per heavy atom. The van der Waals surface area contributed by atoms with Gasteiger partial charge in [0.05, 0.1) is 14.1 Å². The summed E-state index contributed by atoms with van der Waals surface area (Å²) in [6, 6.07) is 15.5. The highest BCUT2D eigenvalue weighted by molar-refractivity contribution is 6.79. The highest BCUT2D eigenvalue weighted by Gasteiger charge is 2.37. The fourth-order valence-corrected chi connectivity index (χ4v) is 7.59. The number of rotatable bonds is 6. The van der Waals surface area contributed by atoms with Crippen LogP contribution in [0.1, 0.15) is 37.7 Å². The van der Waals surface area contributed by atoms with E-state index >= 15 is 0 Å². The maximum atomic E-state index is 8.80. The number of hydrogen-bond acceptors (Lipinski definition) is 2.